The normalized spacial score (nSPS) is 28.6. The van der Waals surface area contributed by atoms with E-state index in [-0.39, 0.29) is 34.2 Å². The second-order valence-electron chi connectivity index (χ2n) is 13.7. The van der Waals surface area contributed by atoms with Crippen LogP contribution in [0.25, 0.3) is 22.3 Å². The number of rotatable bonds is 17. The van der Waals surface area contributed by atoms with Crippen LogP contribution in [0.5, 0.6) is 0 Å². The van der Waals surface area contributed by atoms with Crippen molar-refractivity contribution in [3.8, 4) is 0 Å². The van der Waals surface area contributed by atoms with E-state index in [1.54, 1.807) is 0 Å². The number of ether oxygens (including phenoxy) is 3. The van der Waals surface area contributed by atoms with Crippen LogP contribution in [-0.4, -0.2) is 122 Å². The highest BCUT2D eigenvalue weighted by Crippen LogP contribution is 2.68. The molecular weight excluding hydrogens is 912 g/mol. The molecule has 340 valence electrons. The molecule has 6 heterocycles. The summed E-state index contributed by atoms with van der Waals surface area (Å²) in [5.74, 6) is -0.601. The van der Waals surface area contributed by atoms with Crippen molar-refractivity contribution in [1.29, 1.82) is 0 Å². The zero-order chi connectivity index (χ0) is 45.1. The maximum absolute atomic E-state index is 12.9. The zero-order valence-corrected chi connectivity index (χ0v) is 35.8. The quantitative estimate of drug-likeness (QED) is 0.0374. The molecule has 4 aromatic rings. The van der Waals surface area contributed by atoms with Crippen LogP contribution in [0.15, 0.2) is 22.2 Å². The summed E-state index contributed by atoms with van der Waals surface area (Å²) >= 11 is 0. The molecule has 0 radical (unpaired) electrons. The molecule has 0 spiro atoms. The predicted molar refractivity (Wildman–Crippen MR) is 197 cm³/mol. The van der Waals surface area contributed by atoms with Crippen LogP contribution in [0.2, 0.25) is 0 Å². The van der Waals surface area contributed by atoms with Gasteiger partial charge in [-0.15, -0.1) is 0 Å². The van der Waals surface area contributed by atoms with E-state index < -0.39 is 111 Å². The third-order valence-electron chi connectivity index (χ3n) is 8.83. The van der Waals surface area contributed by atoms with Crippen molar-refractivity contribution < 1.29 is 98.1 Å². The third-order valence-corrected chi connectivity index (χ3v) is 14.3. The monoisotopic (exact) mass is 954 g/mol. The largest absolute Gasteiger partial charge is 0.490 e. The molecule has 0 aromatic carbocycles. The van der Waals surface area contributed by atoms with Crippen LogP contribution < -0.4 is 31.7 Å². The van der Waals surface area contributed by atoms with Crippen LogP contribution in [0.3, 0.4) is 0 Å². The second-order valence-corrected chi connectivity index (χ2v) is 19.7. The van der Waals surface area contributed by atoms with Crippen molar-refractivity contribution in [1.82, 2.24) is 29.1 Å². The zero-order valence-electron chi connectivity index (χ0n) is 32.2. The van der Waals surface area contributed by atoms with Crippen LogP contribution in [0.4, 0.5) is 11.9 Å². The third kappa shape index (κ3) is 10.2. The molecule has 35 heteroatoms. The average Bonchev–Trinajstić information content (AvgIpc) is 3.81. The number of phosphoric acid groups is 4. The summed E-state index contributed by atoms with van der Waals surface area (Å²) < 4.78 is 101. The lowest BCUT2D eigenvalue weighted by Gasteiger charge is -2.24. The van der Waals surface area contributed by atoms with Gasteiger partial charge >= 0.3 is 42.6 Å². The first-order valence-electron chi connectivity index (χ1n) is 17.3. The Kier molecular flexibility index (Phi) is 13.4. The van der Waals surface area contributed by atoms with E-state index in [0.717, 1.165) is 11.7 Å². The lowest BCUT2D eigenvalue weighted by molar-refractivity contribution is -0.746. The highest BCUT2D eigenvalue weighted by atomic mass is 31.3. The number of anilines is 2. The van der Waals surface area contributed by atoms with Gasteiger partial charge in [-0.3, -0.25) is 46.8 Å². The van der Waals surface area contributed by atoms with Crippen molar-refractivity contribution in [2.45, 2.75) is 69.0 Å². The highest BCUT2D eigenvalue weighted by Gasteiger charge is 2.53. The molecule has 2 saturated heterocycles. The number of fused-ring (bicyclic) bond motifs is 2. The molecule has 4 aromatic heterocycles. The Morgan fingerprint density at radius 2 is 1.16 bits per heavy atom. The number of aliphatic hydroxyl groups excluding tert-OH is 2. The molecular formula is C26H42N10O21P4+2. The van der Waals surface area contributed by atoms with Crippen LogP contribution in [0, 0.1) is 0 Å². The lowest BCUT2D eigenvalue weighted by Crippen LogP contribution is -2.46. The Morgan fingerprint density at radius 3 is 1.57 bits per heavy atom. The first-order valence-corrected chi connectivity index (χ1v) is 23.3. The van der Waals surface area contributed by atoms with E-state index in [0.29, 0.717) is 0 Å². The summed E-state index contributed by atoms with van der Waals surface area (Å²) in [4.78, 5) is 79.0. The van der Waals surface area contributed by atoms with Crippen LogP contribution in [0.1, 0.15) is 26.3 Å². The SMILES string of the molecule is COC1C(O)[C@H]([n+]2cn(C)c3c(=O)[nH]c(N)nc32)O[C@@H]1COP(=O)(O)OP(=O)(O)OP(=O)(O)OC[C@H]1O[C@@H]([n+]2cn(C)c3c(=O)[nH]c(N)nc32)C(O)[C@H]1OP(=O)(O)OC(C)C. The summed E-state index contributed by atoms with van der Waals surface area (Å²) in [6.45, 7) is 0.549. The van der Waals surface area contributed by atoms with Gasteiger partial charge in [-0.05, 0) is 13.8 Å². The molecule has 12 atom stereocenters. The smallest absolute Gasteiger partial charge is 0.384 e. The summed E-state index contributed by atoms with van der Waals surface area (Å²) in [6.07, 6.45) is -11.3. The summed E-state index contributed by atoms with van der Waals surface area (Å²) in [7, 11) is -18.6. The number of nitrogens with two attached hydrogens (primary N) is 2. The Hall–Kier alpha value is -3.38. The van der Waals surface area contributed by atoms with Crippen molar-refractivity contribution in [3.63, 3.8) is 0 Å². The Labute approximate surface area is 340 Å². The van der Waals surface area contributed by atoms with Crippen molar-refractivity contribution >= 4 is 65.5 Å². The van der Waals surface area contributed by atoms with E-state index >= 15 is 0 Å². The number of hydrogen-bond donors (Lipinski definition) is 10. The number of aliphatic hydroxyl groups is 2. The minimum Gasteiger partial charge on any atom is -0.384 e. The van der Waals surface area contributed by atoms with E-state index in [2.05, 4.69) is 28.6 Å². The number of imidazole rings is 2. The van der Waals surface area contributed by atoms with E-state index in [1.165, 1.54) is 54.3 Å². The lowest BCUT2D eigenvalue weighted by atomic mass is 10.1. The molecule has 0 aliphatic carbocycles. The summed E-state index contributed by atoms with van der Waals surface area (Å²) in [5.41, 5.74) is 9.86. The number of hydrogen-bond acceptors (Lipinski definition) is 21. The van der Waals surface area contributed by atoms with Gasteiger partial charge in [-0.1, -0.05) is 9.97 Å². The molecule has 12 N–H and O–H groups in total. The fourth-order valence-corrected chi connectivity index (χ4v) is 11.3. The maximum Gasteiger partial charge on any atom is 0.490 e. The van der Waals surface area contributed by atoms with Gasteiger partial charge < -0.3 is 55.5 Å². The number of nitrogens with zero attached hydrogens (tertiary/aromatic N) is 6. The number of H-pyrrole nitrogens is 2. The second kappa shape index (κ2) is 17.3. The predicted octanol–water partition coefficient (Wildman–Crippen LogP) is -2.91. The molecule has 61 heavy (non-hydrogen) atoms. The van der Waals surface area contributed by atoms with Crippen molar-refractivity contribution in [2.24, 2.45) is 14.1 Å². The Bertz CT molecular complexity index is 2620. The molecule has 2 aliphatic rings. The maximum atomic E-state index is 12.9. The number of aromatic nitrogens is 8. The van der Waals surface area contributed by atoms with Gasteiger partial charge in [-0.2, -0.15) is 8.62 Å². The van der Waals surface area contributed by atoms with Gasteiger partial charge in [0.25, 0.3) is 23.0 Å². The summed E-state index contributed by atoms with van der Waals surface area (Å²) in [6, 6.07) is 0. The standard InChI is InChI=1S/C26H40N10O21P4/c1-10(2)54-60(45,46)55-18-12(53-24(16(18)38)36-9-34(4)14-20(36)30-26(28)32-22(14)40)7-51-59(43,44)57-61(47,48)56-58(41,42)50-6-11-17(49-5)15(37)23(52-11)35-8-33(3)13-19(35)29-25(27)31-21(13)39/h8-12,15-18,23-24,37-38H,6-7H2,1-5H3,(H8-2,27,28,29,30,31,32,39,40,41,42,43,44,45,46,47,48)/p+2/t11-,12-,15?,16?,17?,18+,23-,24-/m1/s1. The summed E-state index contributed by atoms with van der Waals surface area (Å²) in [5, 5.41) is 22.3. The van der Waals surface area contributed by atoms with E-state index in [1.807, 2.05) is 0 Å². The molecule has 0 amide bonds. The highest BCUT2D eigenvalue weighted by molar-refractivity contribution is 7.66. The first kappa shape index (κ1) is 47.1. The minimum absolute atomic E-state index is 0.0223. The van der Waals surface area contributed by atoms with Gasteiger partial charge in [0.1, 0.15) is 36.6 Å². The average molecular weight is 955 g/mol. The van der Waals surface area contributed by atoms with Gasteiger partial charge in [0.2, 0.25) is 23.5 Å². The molecule has 0 bridgehead atoms. The topological polar surface area (TPSA) is 434 Å². The van der Waals surface area contributed by atoms with E-state index in [9.17, 15) is 57.6 Å². The van der Waals surface area contributed by atoms with Crippen molar-refractivity contribution in [3.05, 3.63) is 33.4 Å². The number of aryl methyl sites for hydroxylation is 2. The molecule has 6 rings (SSSR count). The van der Waals surface area contributed by atoms with Gasteiger partial charge in [0.05, 0.1) is 33.4 Å². The van der Waals surface area contributed by atoms with Crippen LogP contribution >= 0.6 is 31.3 Å². The van der Waals surface area contributed by atoms with Crippen LogP contribution in [-0.2, 0) is 73.3 Å². The molecule has 2 fully saturated rings. The molecule has 7 unspecified atom stereocenters. The number of nitrogens with one attached hydrogen (secondary N) is 2. The Morgan fingerprint density at radius 1 is 0.754 bits per heavy atom. The fourth-order valence-electron chi connectivity index (χ4n) is 6.60. The molecule has 31 nitrogen and oxygen atoms in total. The molecule has 0 saturated carbocycles. The number of nitrogen functional groups attached to an aromatic ring is 2. The van der Waals surface area contributed by atoms with Gasteiger partial charge in [-0.25, -0.2) is 27.4 Å². The number of methoxy groups -OCH3 is 1. The number of aromatic amines is 2. The van der Waals surface area contributed by atoms with Gasteiger partial charge in [0, 0.05) is 7.11 Å². The fraction of sp³-hybridized carbons (Fsp3) is 0.615. The van der Waals surface area contributed by atoms with Gasteiger partial charge in [0.15, 0.2) is 12.7 Å². The first-order chi connectivity index (χ1) is 28.2. The van der Waals surface area contributed by atoms with E-state index in [4.69, 9.17) is 43.8 Å². The Balaban J connectivity index is 1.13. The minimum atomic E-state index is -6.10. The number of phosphoric ester groups is 3. The van der Waals surface area contributed by atoms with Crippen molar-refractivity contribution in [2.75, 3.05) is 31.8 Å². The molecule has 2 aliphatic heterocycles.